The van der Waals surface area contributed by atoms with Crippen molar-refractivity contribution in [1.29, 1.82) is 0 Å². The van der Waals surface area contributed by atoms with Crippen LogP contribution in [0.15, 0.2) is 30.3 Å². The maximum absolute atomic E-state index is 11.3. The Hall–Kier alpha value is -1.84. The first-order valence-electron chi connectivity index (χ1n) is 5.46. The summed E-state index contributed by atoms with van der Waals surface area (Å²) < 4.78 is 0. The molecule has 0 fully saturated rings. The smallest absolute Gasteiger partial charge is 0.327 e. The van der Waals surface area contributed by atoms with Crippen molar-refractivity contribution in [2.75, 3.05) is 7.05 Å². The lowest BCUT2D eigenvalue weighted by Crippen LogP contribution is -2.44. The molecule has 1 N–H and O–H groups in total. The van der Waals surface area contributed by atoms with Crippen molar-refractivity contribution in [2.45, 2.75) is 25.8 Å². The van der Waals surface area contributed by atoms with Crippen molar-refractivity contribution in [3.05, 3.63) is 35.9 Å². The van der Waals surface area contributed by atoms with E-state index in [0.717, 1.165) is 5.56 Å². The molecule has 1 aromatic rings. The second-order valence-electron chi connectivity index (χ2n) is 4.11. The summed E-state index contributed by atoms with van der Waals surface area (Å²) in [5.41, 5.74) is 0.910. The van der Waals surface area contributed by atoms with Crippen molar-refractivity contribution in [3.8, 4) is 0 Å². The molecule has 0 saturated carbocycles. The third kappa shape index (κ3) is 3.06. The number of carboxylic acid groups (broad SMARTS) is 1. The summed E-state index contributed by atoms with van der Waals surface area (Å²) in [4.78, 5) is 23.8. The van der Waals surface area contributed by atoms with E-state index in [9.17, 15) is 14.7 Å². The van der Waals surface area contributed by atoms with E-state index < -0.39 is 12.0 Å². The van der Waals surface area contributed by atoms with Gasteiger partial charge in [0.1, 0.15) is 6.04 Å². The van der Waals surface area contributed by atoms with Crippen LogP contribution < -0.4 is 0 Å². The number of likely N-dealkylation sites (N-methyl/N-ethyl adjacent to an activating group) is 1. The van der Waals surface area contributed by atoms with Gasteiger partial charge in [-0.15, -0.1) is 0 Å². The number of nitrogens with zero attached hydrogens (tertiary/aromatic N) is 1. The van der Waals surface area contributed by atoms with Gasteiger partial charge in [0.25, 0.3) is 0 Å². The fraction of sp³-hybridized carbons (Fsp3) is 0.385. The molecule has 1 rings (SSSR count). The Morgan fingerprint density at radius 2 is 1.76 bits per heavy atom. The number of aliphatic carboxylic acids is 1. The van der Waals surface area contributed by atoms with Gasteiger partial charge >= 0.3 is 5.97 Å². The summed E-state index contributed by atoms with van der Waals surface area (Å²) in [5, 5.41) is 9.23. The summed E-state index contributed by atoms with van der Waals surface area (Å²) >= 11 is 0. The number of carboxylic acids is 1. The number of amides is 1. The number of hydrogen-bond acceptors (Lipinski definition) is 2. The Morgan fingerprint density at radius 3 is 2.18 bits per heavy atom. The van der Waals surface area contributed by atoms with Crippen molar-refractivity contribution in [1.82, 2.24) is 4.90 Å². The van der Waals surface area contributed by atoms with E-state index in [2.05, 4.69) is 0 Å². The molecule has 0 aromatic heterocycles. The van der Waals surface area contributed by atoms with Crippen molar-refractivity contribution >= 4 is 11.9 Å². The summed E-state index contributed by atoms with van der Waals surface area (Å²) in [7, 11) is 1.51. The van der Waals surface area contributed by atoms with E-state index in [1.165, 1.54) is 18.9 Å². The zero-order valence-corrected chi connectivity index (χ0v) is 10.3. The standard InChI is InChI=1S/C13H17NO3/c1-9(11-7-5-4-6-8-11)12(13(16)17)14(3)10(2)15/h4-9,12H,1-3H3,(H,16,17). The Labute approximate surface area is 101 Å². The normalized spacial score (nSPS) is 13.8. The fourth-order valence-electron chi connectivity index (χ4n) is 1.85. The molecule has 0 aliphatic heterocycles. The molecule has 1 aromatic carbocycles. The van der Waals surface area contributed by atoms with Crippen LogP contribution in [0, 0.1) is 0 Å². The first-order valence-corrected chi connectivity index (χ1v) is 5.46. The molecule has 0 bridgehead atoms. The average molecular weight is 235 g/mol. The van der Waals surface area contributed by atoms with E-state index in [0.29, 0.717) is 0 Å². The molecule has 0 saturated heterocycles. The molecular formula is C13H17NO3. The molecule has 2 atom stereocenters. The van der Waals surface area contributed by atoms with Crippen LogP contribution in [0.3, 0.4) is 0 Å². The van der Waals surface area contributed by atoms with Crippen LogP contribution in [0.1, 0.15) is 25.3 Å². The number of hydrogen-bond donors (Lipinski definition) is 1. The second kappa shape index (κ2) is 5.48. The van der Waals surface area contributed by atoms with Gasteiger partial charge in [0, 0.05) is 19.9 Å². The molecule has 17 heavy (non-hydrogen) atoms. The second-order valence-corrected chi connectivity index (χ2v) is 4.11. The minimum absolute atomic E-state index is 0.248. The van der Waals surface area contributed by atoms with E-state index in [1.54, 1.807) is 0 Å². The SMILES string of the molecule is CC(=O)N(C)C(C(=O)O)C(C)c1ccccc1. The molecule has 4 nitrogen and oxygen atoms in total. The average Bonchev–Trinajstić information content (AvgIpc) is 2.29. The number of benzene rings is 1. The Morgan fingerprint density at radius 1 is 1.24 bits per heavy atom. The van der Waals surface area contributed by atoms with Gasteiger partial charge in [-0.2, -0.15) is 0 Å². The van der Waals surface area contributed by atoms with Crippen LogP contribution in [0.5, 0.6) is 0 Å². The van der Waals surface area contributed by atoms with E-state index in [4.69, 9.17) is 0 Å². The fourth-order valence-corrected chi connectivity index (χ4v) is 1.85. The maximum Gasteiger partial charge on any atom is 0.327 e. The topological polar surface area (TPSA) is 57.6 Å². The van der Waals surface area contributed by atoms with E-state index in [1.807, 2.05) is 37.3 Å². The van der Waals surface area contributed by atoms with Crippen LogP contribution in [-0.4, -0.2) is 35.0 Å². The van der Waals surface area contributed by atoms with Crippen molar-refractivity contribution < 1.29 is 14.7 Å². The monoisotopic (exact) mass is 235 g/mol. The molecule has 0 aliphatic carbocycles. The Balaban J connectivity index is 3.00. The van der Waals surface area contributed by atoms with Crippen LogP contribution >= 0.6 is 0 Å². The van der Waals surface area contributed by atoms with Gasteiger partial charge in [-0.3, -0.25) is 4.79 Å². The molecule has 0 heterocycles. The van der Waals surface area contributed by atoms with E-state index in [-0.39, 0.29) is 11.8 Å². The number of carbonyl (C=O) groups is 2. The third-order valence-electron chi connectivity index (χ3n) is 2.97. The molecule has 0 spiro atoms. The molecule has 0 aliphatic rings. The molecule has 2 unspecified atom stereocenters. The highest BCUT2D eigenvalue weighted by Gasteiger charge is 2.31. The highest BCUT2D eigenvalue weighted by Crippen LogP contribution is 2.22. The third-order valence-corrected chi connectivity index (χ3v) is 2.97. The number of carbonyl (C=O) groups excluding carboxylic acids is 1. The zero-order chi connectivity index (χ0) is 13.0. The molecule has 1 amide bonds. The lowest BCUT2D eigenvalue weighted by molar-refractivity contribution is -0.149. The molecular weight excluding hydrogens is 218 g/mol. The molecule has 4 heteroatoms. The first kappa shape index (κ1) is 13.2. The number of rotatable bonds is 4. The minimum Gasteiger partial charge on any atom is -0.480 e. The van der Waals surface area contributed by atoms with Gasteiger partial charge in [0.2, 0.25) is 5.91 Å². The van der Waals surface area contributed by atoms with Gasteiger partial charge in [-0.1, -0.05) is 37.3 Å². The largest absolute Gasteiger partial charge is 0.480 e. The van der Waals surface area contributed by atoms with E-state index >= 15 is 0 Å². The Kier molecular flexibility index (Phi) is 4.26. The molecule has 92 valence electrons. The predicted octanol–water partition coefficient (Wildman–Crippen LogP) is 1.72. The van der Waals surface area contributed by atoms with Crippen LogP contribution in [0.25, 0.3) is 0 Å². The van der Waals surface area contributed by atoms with Crippen molar-refractivity contribution in [3.63, 3.8) is 0 Å². The summed E-state index contributed by atoms with van der Waals surface area (Å²) in [6, 6.07) is 8.50. The predicted molar refractivity (Wildman–Crippen MR) is 64.7 cm³/mol. The van der Waals surface area contributed by atoms with Gasteiger partial charge in [0.15, 0.2) is 0 Å². The van der Waals surface area contributed by atoms with Crippen molar-refractivity contribution in [2.24, 2.45) is 0 Å². The lowest BCUT2D eigenvalue weighted by Gasteiger charge is -2.29. The van der Waals surface area contributed by atoms with Gasteiger partial charge in [-0.05, 0) is 5.56 Å². The quantitative estimate of drug-likeness (QED) is 0.864. The highest BCUT2D eigenvalue weighted by molar-refractivity contribution is 5.82. The summed E-state index contributed by atoms with van der Waals surface area (Å²) in [6.45, 7) is 3.18. The van der Waals surface area contributed by atoms with Crippen LogP contribution in [0.4, 0.5) is 0 Å². The van der Waals surface area contributed by atoms with Gasteiger partial charge < -0.3 is 10.0 Å². The highest BCUT2D eigenvalue weighted by atomic mass is 16.4. The summed E-state index contributed by atoms with van der Waals surface area (Å²) in [5.74, 6) is -1.48. The molecule has 0 radical (unpaired) electrons. The summed E-state index contributed by atoms with van der Waals surface area (Å²) in [6.07, 6.45) is 0. The van der Waals surface area contributed by atoms with Gasteiger partial charge in [-0.25, -0.2) is 4.79 Å². The van der Waals surface area contributed by atoms with Crippen LogP contribution in [-0.2, 0) is 9.59 Å². The lowest BCUT2D eigenvalue weighted by atomic mass is 9.92. The zero-order valence-electron chi connectivity index (χ0n) is 10.3. The maximum atomic E-state index is 11.3. The Bertz CT molecular complexity index is 402. The van der Waals surface area contributed by atoms with Gasteiger partial charge in [0.05, 0.1) is 0 Å². The minimum atomic E-state index is -0.987. The van der Waals surface area contributed by atoms with Crippen LogP contribution in [0.2, 0.25) is 0 Å². The first-order chi connectivity index (χ1) is 7.95.